The molecule has 4 heteroatoms. The zero-order valence-corrected chi connectivity index (χ0v) is 8.00. The van der Waals surface area contributed by atoms with Gasteiger partial charge in [-0.25, -0.2) is 5.84 Å². The summed E-state index contributed by atoms with van der Waals surface area (Å²) in [5, 5.41) is 3.55. The monoisotopic (exact) mass is 175 g/mol. The number of hydrogen-bond donors (Lipinski definition) is 3. The molecule has 0 saturated carbocycles. The zero-order chi connectivity index (χ0) is 8.69. The third-order valence-electron chi connectivity index (χ3n) is 1.84. The van der Waals surface area contributed by atoms with Gasteiger partial charge in [0.25, 0.3) is 0 Å². The number of hydrazine groups is 1. The van der Waals surface area contributed by atoms with Gasteiger partial charge in [0.2, 0.25) is 0 Å². The average Bonchev–Trinajstić information content (AvgIpc) is 2.06. The molecular formula is C7H17N3S. The first-order chi connectivity index (χ1) is 5.24. The second-order valence-corrected chi connectivity index (χ2v) is 2.95. The normalized spacial score (nSPS) is 9.82. The van der Waals surface area contributed by atoms with Crippen molar-refractivity contribution in [3.8, 4) is 0 Å². The second kappa shape index (κ2) is 6.37. The van der Waals surface area contributed by atoms with E-state index in [-0.39, 0.29) is 0 Å². The van der Waals surface area contributed by atoms with Gasteiger partial charge < -0.3 is 10.7 Å². The molecule has 66 valence electrons. The van der Waals surface area contributed by atoms with Gasteiger partial charge in [0.1, 0.15) is 0 Å². The van der Waals surface area contributed by atoms with Crippen LogP contribution in [0, 0.1) is 5.92 Å². The molecule has 4 N–H and O–H groups in total. The van der Waals surface area contributed by atoms with Gasteiger partial charge in [-0.05, 0) is 18.1 Å². The van der Waals surface area contributed by atoms with E-state index in [0.29, 0.717) is 11.0 Å². The van der Waals surface area contributed by atoms with Crippen molar-refractivity contribution in [1.29, 1.82) is 0 Å². The highest BCUT2D eigenvalue weighted by Gasteiger charge is 2.02. The third kappa shape index (κ3) is 4.98. The highest BCUT2D eigenvalue weighted by Crippen LogP contribution is 2.04. The molecule has 0 heterocycles. The maximum Gasteiger partial charge on any atom is 0.180 e. The number of nitrogens with two attached hydrogens (primary N) is 1. The predicted molar refractivity (Wildman–Crippen MR) is 52.0 cm³/mol. The van der Waals surface area contributed by atoms with Gasteiger partial charge in [-0.1, -0.05) is 26.7 Å². The molecule has 0 atom stereocenters. The minimum atomic E-state index is 0.525. The Morgan fingerprint density at radius 3 is 2.36 bits per heavy atom. The molecule has 3 nitrogen and oxygen atoms in total. The minimum Gasteiger partial charge on any atom is -0.361 e. The number of rotatable bonds is 4. The molecule has 0 rings (SSSR count). The van der Waals surface area contributed by atoms with Gasteiger partial charge in [0, 0.05) is 6.54 Å². The van der Waals surface area contributed by atoms with E-state index in [1.807, 2.05) is 0 Å². The van der Waals surface area contributed by atoms with Crippen LogP contribution in [0.2, 0.25) is 0 Å². The molecular weight excluding hydrogens is 158 g/mol. The Bertz CT molecular complexity index is 112. The standard InChI is InChI=1S/C7H17N3S/c1-3-6(4-2)5-9-7(11)10-8/h6H,3-5,8H2,1-2H3,(H2,9,10,11). The maximum atomic E-state index is 5.09. The molecule has 0 radical (unpaired) electrons. The first kappa shape index (κ1) is 10.7. The van der Waals surface area contributed by atoms with Gasteiger partial charge in [-0.3, -0.25) is 0 Å². The summed E-state index contributed by atoms with van der Waals surface area (Å²) in [5.74, 6) is 5.78. The van der Waals surface area contributed by atoms with E-state index in [1.165, 1.54) is 12.8 Å². The zero-order valence-electron chi connectivity index (χ0n) is 7.18. The fraction of sp³-hybridized carbons (Fsp3) is 0.857. The minimum absolute atomic E-state index is 0.525. The van der Waals surface area contributed by atoms with Crippen molar-refractivity contribution >= 4 is 17.3 Å². The van der Waals surface area contributed by atoms with Crippen LogP contribution >= 0.6 is 12.2 Å². The van der Waals surface area contributed by atoms with Crippen molar-refractivity contribution < 1.29 is 0 Å². The van der Waals surface area contributed by atoms with E-state index in [9.17, 15) is 0 Å². The topological polar surface area (TPSA) is 50.1 Å². The number of hydrogen-bond acceptors (Lipinski definition) is 2. The summed E-state index contributed by atoms with van der Waals surface area (Å²) in [6.45, 7) is 5.26. The lowest BCUT2D eigenvalue weighted by molar-refractivity contribution is 0.483. The first-order valence-electron chi connectivity index (χ1n) is 3.99. The van der Waals surface area contributed by atoms with E-state index in [1.54, 1.807) is 0 Å². The molecule has 0 bridgehead atoms. The van der Waals surface area contributed by atoms with Gasteiger partial charge in [0.15, 0.2) is 5.11 Å². The van der Waals surface area contributed by atoms with Crippen molar-refractivity contribution in [1.82, 2.24) is 10.7 Å². The Hall–Kier alpha value is -0.350. The number of nitrogens with one attached hydrogen (secondary N) is 2. The quantitative estimate of drug-likeness (QED) is 0.335. The van der Waals surface area contributed by atoms with E-state index < -0.39 is 0 Å². The summed E-state index contributed by atoms with van der Waals surface area (Å²) in [6, 6.07) is 0. The summed E-state index contributed by atoms with van der Waals surface area (Å²) >= 11 is 4.82. The second-order valence-electron chi connectivity index (χ2n) is 2.54. The average molecular weight is 175 g/mol. The fourth-order valence-corrected chi connectivity index (χ4v) is 0.949. The lowest BCUT2D eigenvalue weighted by Gasteiger charge is -2.13. The SMILES string of the molecule is CCC(CC)CNC(=S)NN. The largest absolute Gasteiger partial charge is 0.361 e. The van der Waals surface area contributed by atoms with Gasteiger partial charge in [0.05, 0.1) is 0 Å². The Morgan fingerprint density at radius 1 is 1.45 bits per heavy atom. The Morgan fingerprint density at radius 2 is 2.00 bits per heavy atom. The number of thiocarbonyl (C=S) groups is 1. The summed E-state index contributed by atoms with van der Waals surface area (Å²) in [5.41, 5.74) is 2.39. The van der Waals surface area contributed by atoms with Gasteiger partial charge in [-0.2, -0.15) is 0 Å². The molecule has 0 aromatic carbocycles. The van der Waals surface area contributed by atoms with E-state index >= 15 is 0 Å². The van der Waals surface area contributed by atoms with Crippen LogP contribution in [-0.2, 0) is 0 Å². The lowest BCUT2D eigenvalue weighted by Crippen LogP contribution is -2.41. The summed E-state index contributed by atoms with van der Waals surface area (Å²) in [6.07, 6.45) is 2.35. The van der Waals surface area contributed by atoms with E-state index in [0.717, 1.165) is 6.54 Å². The fourth-order valence-electron chi connectivity index (χ4n) is 0.865. The van der Waals surface area contributed by atoms with Crippen LogP contribution in [0.4, 0.5) is 0 Å². The molecule has 0 aromatic heterocycles. The van der Waals surface area contributed by atoms with Crippen LogP contribution in [0.25, 0.3) is 0 Å². The first-order valence-corrected chi connectivity index (χ1v) is 4.39. The van der Waals surface area contributed by atoms with Crippen LogP contribution in [0.3, 0.4) is 0 Å². The van der Waals surface area contributed by atoms with Crippen molar-refractivity contribution in [2.24, 2.45) is 11.8 Å². The molecule has 0 aliphatic rings. The summed E-state index contributed by atoms with van der Waals surface area (Å²) in [7, 11) is 0. The van der Waals surface area contributed by atoms with Crippen LogP contribution in [-0.4, -0.2) is 11.7 Å². The molecule has 0 aromatic rings. The lowest BCUT2D eigenvalue weighted by atomic mass is 10.0. The molecule has 0 fully saturated rings. The van der Waals surface area contributed by atoms with Crippen LogP contribution in [0.15, 0.2) is 0 Å². The Kier molecular flexibility index (Phi) is 6.16. The van der Waals surface area contributed by atoms with Gasteiger partial charge in [-0.15, -0.1) is 0 Å². The molecule has 0 unspecified atom stereocenters. The molecule has 0 saturated heterocycles. The van der Waals surface area contributed by atoms with Gasteiger partial charge >= 0.3 is 0 Å². The summed E-state index contributed by atoms with van der Waals surface area (Å²) < 4.78 is 0. The Labute approximate surface area is 73.7 Å². The molecule has 0 spiro atoms. The molecule has 0 aliphatic heterocycles. The van der Waals surface area contributed by atoms with Crippen LogP contribution < -0.4 is 16.6 Å². The molecule has 0 amide bonds. The van der Waals surface area contributed by atoms with Crippen molar-refractivity contribution in [3.63, 3.8) is 0 Å². The van der Waals surface area contributed by atoms with Crippen LogP contribution in [0.1, 0.15) is 26.7 Å². The van der Waals surface area contributed by atoms with Crippen LogP contribution in [0.5, 0.6) is 0 Å². The van der Waals surface area contributed by atoms with Crippen molar-refractivity contribution in [2.75, 3.05) is 6.54 Å². The highest BCUT2D eigenvalue weighted by atomic mass is 32.1. The highest BCUT2D eigenvalue weighted by molar-refractivity contribution is 7.80. The smallest absolute Gasteiger partial charge is 0.180 e. The maximum absolute atomic E-state index is 5.09. The third-order valence-corrected chi connectivity index (χ3v) is 2.10. The molecule has 11 heavy (non-hydrogen) atoms. The predicted octanol–water partition coefficient (Wildman–Crippen LogP) is 0.760. The van der Waals surface area contributed by atoms with E-state index in [4.69, 9.17) is 18.1 Å². The summed E-state index contributed by atoms with van der Waals surface area (Å²) in [4.78, 5) is 0. The van der Waals surface area contributed by atoms with Crippen molar-refractivity contribution in [2.45, 2.75) is 26.7 Å². The van der Waals surface area contributed by atoms with Crippen molar-refractivity contribution in [3.05, 3.63) is 0 Å². The molecule has 0 aliphatic carbocycles. The Balaban J connectivity index is 3.42. The van der Waals surface area contributed by atoms with E-state index in [2.05, 4.69) is 24.6 Å².